The summed E-state index contributed by atoms with van der Waals surface area (Å²) in [6.07, 6.45) is 3.49. The molecular weight excluding hydrogens is 428 g/mol. The Labute approximate surface area is 191 Å². The highest BCUT2D eigenvalue weighted by molar-refractivity contribution is 6.30. The van der Waals surface area contributed by atoms with E-state index in [-0.39, 0.29) is 12.4 Å². The van der Waals surface area contributed by atoms with Crippen LogP contribution in [0.5, 0.6) is 5.88 Å². The number of methoxy groups -OCH3 is 1. The molecule has 0 radical (unpaired) electrons. The van der Waals surface area contributed by atoms with Gasteiger partial charge in [-0.15, -0.1) is 5.10 Å². The summed E-state index contributed by atoms with van der Waals surface area (Å²) in [5, 5.41) is 4.76. The lowest BCUT2D eigenvalue weighted by Gasteiger charge is -2.28. The molecule has 0 N–H and O–H groups in total. The second kappa shape index (κ2) is 9.04. The van der Waals surface area contributed by atoms with Crippen molar-refractivity contribution in [3.05, 3.63) is 91.2 Å². The van der Waals surface area contributed by atoms with Crippen LogP contribution in [0.1, 0.15) is 31.7 Å². The Morgan fingerprint density at radius 2 is 1.88 bits per heavy atom. The van der Waals surface area contributed by atoms with E-state index in [0.29, 0.717) is 10.7 Å². The molecule has 1 saturated carbocycles. The standard InChI is InChI=1S/C24H25ClN4O3/c1-16(18-6-4-7-18)27(2)20-8-5-9-21(14-20)29-24(31)28(23(30)22(26-29)32-3)15-17-10-12-19(25)13-11-17/h5,8-14H,4,6-7,15H2,1-3H3. The molecule has 1 aromatic heterocycles. The highest BCUT2D eigenvalue weighted by Gasteiger charge is 2.18. The molecule has 32 heavy (non-hydrogen) atoms. The fourth-order valence-corrected chi connectivity index (χ4v) is 3.81. The third-order valence-electron chi connectivity index (χ3n) is 5.91. The summed E-state index contributed by atoms with van der Waals surface area (Å²) >= 11 is 5.95. The Morgan fingerprint density at radius 3 is 2.50 bits per heavy atom. The Bertz CT molecular complexity index is 1290. The molecule has 0 saturated heterocycles. The van der Waals surface area contributed by atoms with Crippen molar-refractivity contribution in [3.63, 3.8) is 0 Å². The molecule has 166 valence electrons. The first kappa shape index (κ1) is 21.9. The van der Waals surface area contributed by atoms with Gasteiger partial charge in [0.2, 0.25) is 0 Å². The van der Waals surface area contributed by atoms with Gasteiger partial charge in [-0.25, -0.2) is 9.36 Å². The molecule has 0 bridgehead atoms. The molecule has 4 rings (SSSR count). The number of hydrogen-bond donors (Lipinski definition) is 0. The zero-order valence-electron chi connectivity index (χ0n) is 18.3. The van der Waals surface area contributed by atoms with Gasteiger partial charge in [0.15, 0.2) is 0 Å². The number of hydrogen-bond acceptors (Lipinski definition) is 5. The van der Waals surface area contributed by atoms with Crippen molar-refractivity contribution in [2.24, 2.45) is 0 Å². The molecular formula is C24H25ClN4O3. The highest BCUT2D eigenvalue weighted by atomic mass is 35.5. The van der Waals surface area contributed by atoms with Crippen LogP contribution in [-0.4, -0.2) is 28.5 Å². The molecule has 1 aliphatic rings. The quantitative estimate of drug-likeness (QED) is 0.565. The van der Waals surface area contributed by atoms with Gasteiger partial charge in [-0.3, -0.25) is 4.79 Å². The van der Waals surface area contributed by atoms with E-state index in [1.54, 1.807) is 30.3 Å². The second-order valence-electron chi connectivity index (χ2n) is 7.84. The van der Waals surface area contributed by atoms with Crippen LogP contribution in [0.3, 0.4) is 0 Å². The van der Waals surface area contributed by atoms with Gasteiger partial charge in [0.05, 0.1) is 19.3 Å². The summed E-state index contributed by atoms with van der Waals surface area (Å²) in [5.41, 5.74) is 3.80. The Hall–Kier alpha value is -3.32. The van der Waals surface area contributed by atoms with Crippen molar-refractivity contribution in [1.82, 2.24) is 14.3 Å². The van der Waals surface area contributed by atoms with Crippen LogP contribution in [-0.2, 0) is 6.54 Å². The fourth-order valence-electron chi connectivity index (χ4n) is 3.68. The lowest BCUT2D eigenvalue weighted by Crippen LogP contribution is -2.41. The maximum Gasteiger partial charge on any atom is 0.352 e. The van der Waals surface area contributed by atoms with Crippen LogP contribution in [0.4, 0.5) is 5.69 Å². The predicted molar refractivity (Wildman–Crippen MR) is 126 cm³/mol. The number of allylic oxidation sites excluding steroid dienone is 2. The minimum atomic E-state index is -0.581. The maximum absolute atomic E-state index is 13.3. The molecule has 1 fully saturated rings. The summed E-state index contributed by atoms with van der Waals surface area (Å²) < 4.78 is 7.51. The van der Waals surface area contributed by atoms with E-state index in [1.165, 1.54) is 29.5 Å². The summed E-state index contributed by atoms with van der Waals surface area (Å²) in [5.74, 6) is -0.148. The lowest BCUT2D eigenvalue weighted by atomic mass is 9.90. The maximum atomic E-state index is 13.3. The zero-order chi connectivity index (χ0) is 22.8. The van der Waals surface area contributed by atoms with Gasteiger partial charge < -0.3 is 9.64 Å². The largest absolute Gasteiger partial charge is 0.476 e. The average molecular weight is 453 g/mol. The molecule has 0 amide bonds. The van der Waals surface area contributed by atoms with Crippen molar-refractivity contribution in [2.45, 2.75) is 32.7 Å². The van der Waals surface area contributed by atoms with E-state index >= 15 is 0 Å². The molecule has 7 nitrogen and oxygen atoms in total. The van der Waals surface area contributed by atoms with Gasteiger partial charge in [-0.2, -0.15) is 4.68 Å². The van der Waals surface area contributed by atoms with E-state index in [1.807, 2.05) is 25.2 Å². The van der Waals surface area contributed by atoms with E-state index in [4.69, 9.17) is 16.3 Å². The second-order valence-corrected chi connectivity index (χ2v) is 8.28. The van der Waals surface area contributed by atoms with Gasteiger partial charge in [-0.05, 0) is 62.1 Å². The molecule has 3 aromatic rings. The summed E-state index contributed by atoms with van der Waals surface area (Å²) in [7, 11) is 3.38. The SMILES string of the molecule is COc1nn(-c2cccc(N(C)C(C)=C3CCC3)c2)c(=O)n(Cc2ccc(Cl)cc2)c1=O. The van der Waals surface area contributed by atoms with Crippen molar-refractivity contribution in [1.29, 1.82) is 0 Å². The fraction of sp³-hybridized carbons (Fsp3) is 0.292. The summed E-state index contributed by atoms with van der Waals surface area (Å²) in [4.78, 5) is 28.2. The number of ether oxygens (including phenoxy) is 1. The Balaban J connectivity index is 1.78. The third-order valence-corrected chi connectivity index (χ3v) is 6.16. The van der Waals surface area contributed by atoms with Crippen LogP contribution in [0, 0.1) is 0 Å². The number of halogens is 1. The molecule has 0 spiro atoms. The Morgan fingerprint density at radius 1 is 1.16 bits per heavy atom. The van der Waals surface area contributed by atoms with Crippen LogP contribution < -0.4 is 20.9 Å². The number of benzene rings is 2. The first-order valence-electron chi connectivity index (χ1n) is 10.4. The van der Waals surface area contributed by atoms with E-state index in [2.05, 4.69) is 16.9 Å². The number of anilines is 1. The Kier molecular flexibility index (Phi) is 6.19. The third kappa shape index (κ3) is 4.21. The van der Waals surface area contributed by atoms with Gasteiger partial charge in [0, 0.05) is 23.5 Å². The monoisotopic (exact) mass is 452 g/mol. The molecule has 1 heterocycles. The van der Waals surface area contributed by atoms with Crippen LogP contribution in [0.15, 0.2) is 69.4 Å². The molecule has 0 unspecified atom stereocenters. The van der Waals surface area contributed by atoms with Crippen molar-refractivity contribution in [3.8, 4) is 11.6 Å². The first-order valence-corrected chi connectivity index (χ1v) is 10.8. The van der Waals surface area contributed by atoms with Crippen molar-refractivity contribution >= 4 is 17.3 Å². The van der Waals surface area contributed by atoms with Crippen molar-refractivity contribution in [2.75, 3.05) is 19.1 Å². The minimum Gasteiger partial charge on any atom is -0.476 e. The van der Waals surface area contributed by atoms with Gasteiger partial charge >= 0.3 is 11.2 Å². The highest BCUT2D eigenvalue weighted by Crippen LogP contribution is 2.31. The van der Waals surface area contributed by atoms with Gasteiger partial charge in [0.1, 0.15) is 0 Å². The van der Waals surface area contributed by atoms with Crippen LogP contribution >= 0.6 is 11.6 Å². The number of nitrogens with zero attached hydrogens (tertiary/aromatic N) is 4. The number of rotatable bonds is 6. The molecule has 8 heteroatoms. The van der Waals surface area contributed by atoms with Gasteiger partial charge in [0.25, 0.3) is 5.88 Å². The molecule has 0 atom stereocenters. The molecule has 1 aliphatic carbocycles. The smallest absolute Gasteiger partial charge is 0.352 e. The number of aromatic nitrogens is 3. The van der Waals surface area contributed by atoms with E-state index in [0.717, 1.165) is 28.7 Å². The van der Waals surface area contributed by atoms with Crippen LogP contribution in [0.2, 0.25) is 5.02 Å². The van der Waals surface area contributed by atoms with Gasteiger partial charge in [-0.1, -0.05) is 35.4 Å². The topological polar surface area (TPSA) is 69.4 Å². The zero-order valence-corrected chi connectivity index (χ0v) is 19.1. The predicted octanol–water partition coefficient (Wildman–Crippen LogP) is 4.00. The molecule has 0 aliphatic heterocycles. The van der Waals surface area contributed by atoms with Crippen molar-refractivity contribution < 1.29 is 4.74 Å². The minimum absolute atomic E-state index is 0.0819. The van der Waals surface area contributed by atoms with E-state index < -0.39 is 11.2 Å². The lowest BCUT2D eigenvalue weighted by molar-refractivity contribution is 0.367. The van der Waals surface area contributed by atoms with Crippen LogP contribution in [0.25, 0.3) is 5.69 Å². The summed E-state index contributed by atoms with van der Waals surface area (Å²) in [6, 6.07) is 14.5. The molecule has 2 aromatic carbocycles. The normalized spacial score (nSPS) is 12.9. The first-order chi connectivity index (χ1) is 15.4. The summed E-state index contributed by atoms with van der Waals surface area (Å²) in [6.45, 7) is 2.19. The van der Waals surface area contributed by atoms with E-state index in [9.17, 15) is 9.59 Å². The average Bonchev–Trinajstić information content (AvgIpc) is 2.76.